The Morgan fingerprint density at radius 3 is 2.55 bits per heavy atom. The Labute approximate surface area is 127 Å². The summed E-state index contributed by atoms with van der Waals surface area (Å²) in [5.74, 6) is -0.849. The molecule has 0 atom stereocenters. The molecule has 1 aliphatic carbocycles. The van der Waals surface area contributed by atoms with Crippen molar-refractivity contribution >= 4 is 34.7 Å². The van der Waals surface area contributed by atoms with E-state index in [1.165, 1.54) is 12.1 Å². The van der Waals surface area contributed by atoms with E-state index in [9.17, 15) is 9.18 Å². The van der Waals surface area contributed by atoms with Crippen LogP contribution in [0.1, 0.15) is 42.5 Å². The Kier molecular flexibility index (Phi) is 4.60. The molecule has 20 heavy (non-hydrogen) atoms. The minimum absolute atomic E-state index is 0.0800. The SMILES string of the molecule is NC(=S)C1(NC(=O)c2ccc(F)cc2Cl)CCCCC1. The zero-order valence-corrected chi connectivity index (χ0v) is 12.5. The van der Waals surface area contributed by atoms with Crippen LogP contribution in [0.25, 0.3) is 0 Å². The van der Waals surface area contributed by atoms with Crippen LogP contribution in [0.5, 0.6) is 0 Å². The van der Waals surface area contributed by atoms with Gasteiger partial charge in [0.15, 0.2) is 0 Å². The van der Waals surface area contributed by atoms with Gasteiger partial charge in [-0.2, -0.15) is 0 Å². The zero-order valence-electron chi connectivity index (χ0n) is 10.9. The van der Waals surface area contributed by atoms with Crippen molar-refractivity contribution in [1.82, 2.24) is 5.32 Å². The molecule has 1 aromatic carbocycles. The van der Waals surface area contributed by atoms with Crippen LogP contribution in [-0.2, 0) is 0 Å². The number of nitrogens with one attached hydrogen (secondary N) is 1. The Hall–Kier alpha value is -1.20. The molecule has 6 heteroatoms. The maximum atomic E-state index is 13.0. The van der Waals surface area contributed by atoms with E-state index in [1.807, 2.05) is 0 Å². The Balaban J connectivity index is 2.22. The van der Waals surface area contributed by atoms with Crippen molar-refractivity contribution in [3.05, 3.63) is 34.6 Å². The minimum atomic E-state index is -0.650. The van der Waals surface area contributed by atoms with Gasteiger partial charge < -0.3 is 11.1 Å². The summed E-state index contributed by atoms with van der Waals surface area (Å²) < 4.78 is 13.0. The van der Waals surface area contributed by atoms with Gasteiger partial charge in [0.25, 0.3) is 5.91 Å². The van der Waals surface area contributed by atoms with Crippen molar-refractivity contribution in [2.24, 2.45) is 5.73 Å². The molecule has 1 aliphatic rings. The van der Waals surface area contributed by atoms with Crippen molar-refractivity contribution < 1.29 is 9.18 Å². The van der Waals surface area contributed by atoms with Crippen molar-refractivity contribution in [1.29, 1.82) is 0 Å². The van der Waals surface area contributed by atoms with Gasteiger partial charge in [-0.15, -0.1) is 0 Å². The molecule has 0 aromatic heterocycles. The second-order valence-electron chi connectivity index (χ2n) is 5.09. The highest BCUT2D eigenvalue weighted by molar-refractivity contribution is 7.80. The van der Waals surface area contributed by atoms with Crippen LogP contribution in [0.3, 0.4) is 0 Å². The molecule has 0 unspecified atom stereocenters. The van der Waals surface area contributed by atoms with E-state index in [0.29, 0.717) is 4.99 Å². The van der Waals surface area contributed by atoms with Crippen molar-refractivity contribution in [2.45, 2.75) is 37.6 Å². The summed E-state index contributed by atoms with van der Waals surface area (Å²) >= 11 is 11.0. The fourth-order valence-corrected chi connectivity index (χ4v) is 3.05. The third-order valence-electron chi connectivity index (χ3n) is 3.71. The monoisotopic (exact) mass is 314 g/mol. The second-order valence-corrected chi connectivity index (χ2v) is 5.93. The van der Waals surface area contributed by atoms with Crippen LogP contribution >= 0.6 is 23.8 Å². The second kappa shape index (κ2) is 6.06. The maximum absolute atomic E-state index is 13.0. The molecule has 2 rings (SSSR count). The molecule has 0 saturated heterocycles. The average molecular weight is 315 g/mol. The minimum Gasteiger partial charge on any atom is -0.391 e. The van der Waals surface area contributed by atoms with Gasteiger partial charge in [-0.3, -0.25) is 4.79 Å². The first kappa shape index (κ1) is 15.2. The first-order valence-corrected chi connectivity index (χ1v) is 7.31. The molecular formula is C14H16ClFN2OS. The Morgan fingerprint density at radius 1 is 1.35 bits per heavy atom. The number of hydrogen-bond acceptors (Lipinski definition) is 2. The highest BCUT2D eigenvalue weighted by Gasteiger charge is 2.36. The first-order valence-electron chi connectivity index (χ1n) is 6.52. The number of rotatable bonds is 3. The summed E-state index contributed by atoms with van der Waals surface area (Å²) in [6.45, 7) is 0. The summed E-state index contributed by atoms with van der Waals surface area (Å²) in [7, 11) is 0. The van der Waals surface area contributed by atoms with E-state index in [1.54, 1.807) is 0 Å². The van der Waals surface area contributed by atoms with Gasteiger partial charge >= 0.3 is 0 Å². The molecule has 0 bridgehead atoms. The van der Waals surface area contributed by atoms with Gasteiger partial charge in [0.1, 0.15) is 5.82 Å². The van der Waals surface area contributed by atoms with Crippen LogP contribution in [-0.4, -0.2) is 16.4 Å². The lowest BCUT2D eigenvalue weighted by molar-refractivity contribution is 0.0908. The van der Waals surface area contributed by atoms with Gasteiger partial charge in [-0.1, -0.05) is 43.1 Å². The normalized spacial score (nSPS) is 17.5. The molecule has 3 N–H and O–H groups in total. The number of thiocarbonyl (C=S) groups is 1. The molecule has 0 spiro atoms. The van der Waals surface area contributed by atoms with E-state index in [0.717, 1.165) is 38.2 Å². The summed E-state index contributed by atoms with van der Waals surface area (Å²) in [6.07, 6.45) is 4.50. The van der Waals surface area contributed by atoms with Crippen molar-refractivity contribution in [2.75, 3.05) is 0 Å². The quantitative estimate of drug-likeness (QED) is 0.842. The van der Waals surface area contributed by atoms with E-state index in [-0.39, 0.29) is 16.5 Å². The fraction of sp³-hybridized carbons (Fsp3) is 0.429. The van der Waals surface area contributed by atoms with E-state index in [2.05, 4.69) is 5.32 Å². The predicted octanol–water partition coefficient (Wildman–Crippen LogP) is 3.20. The van der Waals surface area contributed by atoms with Crippen molar-refractivity contribution in [3.8, 4) is 0 Å². The fourth-order valence-electron chi connectivity index (χ4n) is 2.55. The molecular weight excluding hydrogens is 299 g/mol. The van der Waals surface area contributed by atoms with Crippen LogP contribution in [0.15, 0.2) is 18.2 Å². The van der Waals surface area contributed by atoms with Crippen LogP contribution in [0, 0.1) is 5.82 Å². The summed E-state index contributed by atoms with van der Waals surface area (Å²) in [6, 6.07) is 3.68. The summed E-state index contributed by atoms with van der Waals surface area (Å²) in [4.78, 5) is 12.6. The third-order valence-corrected chi connectivity index (χ3v) is 4.41. The lowest BCUT2D eigenvalue weighted by atomic mass is 9.81. The van der Waals surface area contributed by atoms with Gasteiger partial charge in [0.05, 0.1) is 21.1 Å². The molecule has 0 aliphatic heterocycles. The number of benzene rings is 1. The van der Waals surface area contributed by atoms with E-state index in [4.69, 9.17) is 29.6 Å². The van der Waals surface area contributed by atoms with E-state index >= 15 is 0 Å². The number of hydrogen-bond donors (Lipinski definition) is 2. The van der Waals surface area contributed by atoms with Gasteiger partial charge in [0.2, 0.25) is 0 Å². The number of carbonyl (C=O) groups excluding carboxylic acids is 1. The van der Waals surface area contributed by atoms with E-state index < -0.39 is 11.4 Å². The lowest BCUT2D eigenvalue weighted by Crippen LogP contribution is -2.57. The number of nitrogens with two attached hydrogens (primary N) is 1. The standard InChI is InChI=1S/C14H16ClFN2OS/c15-11-8-9(16)4-5-10(11)12(19)18-14(13(17)20)6-2-1-3-7-14/h4-5,8H,1-3,6-7H2,(H2,17,20)(H,18,19). The third kappa shape index (κ3) is 3.10. The molecule has 108 valence electrons. The molecule has 1 amide bonds. The number of amides is 1. The first-order chi connectivity index (χ1) is 9.44. The molecule has 3 nitrogen and oxygen atoms in total. The lowest BCUT2D eigenvalue weighted by Gasteiger charge is -2.37. The van der Waals surface area contributed by atoms with Crippen LogP contribution in [0.2, 0.25) is 5.02 Å². The highest BCUT2D eigenvalue weighted by Crippen LogP contribution is 2.29. The zero-order chi connectivity index (χ0) is 14.8. The summed E-state index contributed by atoms with van der Waals surface area (Å²) in [5.41, 5.74) is 5.39. The van der Waals surface area contributed by atoms with Gasteiger partial charge in [-0.25, -0.2) is 4.39 Å². The molecule has 0 radical (unpaired) electrons. The molecule has 1 aromatic rings. The summed E-state index contributed by atoms with van der Waals surface area (Å²) in [5, 5.41) is 2.98. The van der Waals surface area contributed by atoms with Gasteiger partial charge in [0, 0.05) is 0 Å². The predicted molar refractivity (Wildman–Crippen MR) is 81.5 cm³/mol. The maximum Gasteiger partial charge on any atom is 0.253 e. The Morgan fingerprint density at radius 2 is 2.00 bits per heavy atom. The Bertz CT molecular complexity index is 544. The smallest absolute Gasteiger partial charge is 0.253 e. The molecule has 1 fully saturated rings. The van der Waals surface area contributed by atoms with Crippen molar-refractivity contribution in [3.63, 3.8) is 0 Å². The highest BCUT2D eigenvalue weighted by atomic mass is 35.5. The van der Waals surface area contributed by atoms with Crippen LogP contribution in [0.4, 0.5) is 4.39 Å². The number of carbonyl (C=O) groups is 1. The molecule has 1 saturated carbocycles. The number of halogens is 2. The van der Waals surface area contributed by atoms with Crippen LogP contribution < -0.4 is 11.1 Å². The topological polar surface area (TPSA) is 55.1 Å². The largest absolute Gasteiger partial charge is 0.391 e. The molecule has 0 heterocycles. The average Bonchev–Trinajstić information content (AvgIpc) is 2.39. The van der Waals surface area contributed by atoms with Gasteiger partial charge in [-0.05, 0) is 31.0 Å².